The predicted molar refractivity (Wildman–Crippen MR) is 111 cm³/mol. The molecule has 1 aliphatic heterocycles. The van der Waals surface area contributed by atoms with E-state index in [1.54, 1.807) is 61.3 Å². The lowest BCUT2D eigenvalue weighted by molar-refractivity contribution is -0.140. The zero-order valence-corrected chi connectivity index (χ0v) is 17.0. The molecule has 1 aromatic carbocycles. The molecular formula is C23H22N4O4. The molecule has 1 saturated heterocycles. The van der Waals surface area contributed by atoms with Gasteiger partial charge in [-0.15, -0.1) is 0 Å². The Kier molecular flexibility index (Phi) is 5.88. The van der Waals surface area contributed by atoms with Gasteiger partial charge in [0, 0.05) is 43.4 Å². The van der Waals surface area contributed by atoms with E-state index in [0.717, 1.165) is 0 Å². The summed E-state index contributed by atoms with van der Waals surface area (Å²) >= 11 is 0. The first kappa shape index (κ1) is 20.5. The van der Waals surface area contributed by atoms with Gasteiger partial charge in [-0.2, -0.15) is 0 Å². The Bertz CT molecular complexity index is 1080. The third-order valence-corrected chi connectivity index (χ3v) is 5.46. The van der Waals surface area contributed by atoms with Gasteiger partial charge in [0.05, 0.1) is 19.5 Å². The molecule has 3 heterocycles. The lowest BCUT2D eigenvalue weighted by atomic mass is 9.86. The smallest absolute Gasteiger partial charge is 0.291 e. The SMILES string of the molecule is COc1cccc(C(=O)C2C(=O)C(=O)N(CCCn3ccnc3)C2c2ccncc2)c1. The van der Waals surface area contributed by atoms with Crippen LogP contribution in [0.4, 0.5) is 0 Å². The number of ketones is 2. The van der Waals surface area contributed by atoms with Gasteiger partial charge in [-0.25, -0.2) is 4.98 Å². The van der Waals surface area contributed by atoms with Crippen LogP contribution in [0.1, 0.15) is 28.4 Å². The summed E-state index contributed by atoms with van der Waals surface area (Å²) in [7, 11) is 1.51. The number of aryl methyl sites for hydroxylation is 1. The molecular weight excluding hydrogens is 396 g/mol. The average molecular weight is 418 g/mol. The molecule has 2 atom stereocenters. The fourth-order valence-electron chi connectivity index (χ4n) is 3.96. The van der Waals surface area contributed by atoms with E-state index in [9.17, 15) is 14.4 Å². The summed E-state index contributed by atoms with van der Waals surface area (Å²) in [5.41, 5.74) is 1.04. The van der Waals surface area contributed by atoms with E-state index in [1.807, 2.05) is 10.8 Å². The number of imidazole rings is 1. The van der Waals surface area contributed by atoms with Gasteiger partial charge in [0.25, 0.3) is 5.91 Å². The van der Waals surface area contributed by atoms with Crippen LogP contribution < -0.4 is 4.74 Å². The summed E-state index contributed by atoms with van der Waals surface area (Å²) in [5, 5.41) is 0. The molecule has 1 amide bonds. The molecule has 1 fully saturated rings. The molecule has 2 aromatic heterocycles. The number of carbonyl (C=O) groups is 3. The molecule has 0 aliphatic carbocycles. The van der Waals surface area contributed by atoms with Gasteiger partial charge in [0.15, 0.2) is 5.78 Å². The summed E-state index contributed by atoms with van der Waals surface area (Å²) in [6, 6.07) is 9.44. The zero-order valence-electron chi connectivity index (χ0n) is 17.0. The van der Waals surface area contributed by atoms with Gasteiger partial charge in [-0.1, -0.05) is 12.1 Å². The van der Waals surface area contributed by atoms with E-state index in [-0.39, 0.29) is 0 Å². The van der Waals surface area contributed by atoms with Crippen LogP contribution in [0, 0.1) is 5.92 Å². The van der Waals surface area contributed by atoms with E-state index < -0.39 is 29.4 Å². The normalized spacial score (nSPS) is 18.4. The number of aromatic nitrogens is 3. The lowest BCUT2D eigenvalue weighted by Gasteiger charge is -2.27. The highest BCUT2D eigenvalue weighted by Gasteiger charge is 2.51. The molecule has 8 heteroatoms. The van der Waals surface area contributed by atoms with Crippen molar-refractivity contribution in [1.82, 2.24) is 19.4 Å². The second-order valence-electron chi connectivity index (χ2n) is 7.32. The Balaban J connectivity index is 1.65. The Morgan fingerprint density at radius 2 is 1.87 bits per heavy atom. The first-order valence-electron chi connectivity index (χ1n) is 9.99. The first-order valence-corrected chi connectivity index (χ1v) is 9.99. The fourth-order valence-corrected chi connectivity index (χ4v) is 3.96. The number of likely N-dealkylation sites (tertiary alicyclic amines) is 1. The number of ether oxygens (including phenoxy) is 1. The number of hydrogen-bond acceptors (Lipinski definition) is 6. The highest BCUT2D eigenvalue weighted by atomic mass is 16.5. The van der Waals surface area contributed by atoms with Crippen molar-refractivity contribution in [3.8, 4) is 5.75 Å². The number of pyridine rings is 1. The number of Topliss-reactive ketones (excluding diaryl/α,β-unsaturated/α-hetero) is 2. The van der Waals surface area contributed by atoms with Gasteiger partial charge >= 0.3 is 0 Å². The highest BCUT2D eigenvalue weighted by Crippen LogP contribution is 2.38. The molecule has 1 aliphatic rings. The Hall–Kier alpha value is -3.81. The monoisotopic (exact) mass is 418 g/mol. The van der Waals surface area contributed by atoms with Crippen molar-refractivity contribution in [2.24, 2.45) is 5.92 Å². The molecule has 0 bridgehead atoms. The highest BCUT2D eigenvalue weighted by molar-refractivity contribution is 6.44. The summed E-state index contributed by atoms with van der Waals surface area (Å²) in [5.74, 6) is -2.31. The van der Waals surface area contributed by atoms with Crippen LogP contribution in [0.3, 0.4) is 0 Å². The quantitative estimate of drug-likeness (QED) is 0.317. The van der Waals surface area contributed by atoms with Crippen LogP contribution in [0.25, 0.3) is 0 Å². The summed E-state index contributed by atoms with van der Waals surface area (Å²) in [6.07, 6.45) is 9.04. The maximum atomic E-state index is 13.4. The number of nitrogens with zero attached hydrogens (tertiary/aromatic N) is 4. The van der Waals surface area contributed by atoms with E-state index in [0.29, 0.717) is 36.4 Å². The summed E-state index contributed by atoms with van der Waals surface area (Å²) in [6.45, 7) is 0.993. The van der Waals surface area contributed by atoms with Crippen LogP contribution in [0.15, 0.2) is 67.5 Å². The van der Waals surface area contributed by atoms with Crippen molar-refractivity contribution in [3.05, 3.63) is 78.6 Å². The molecule has 2 unspecified atom stereocenters. The number of amides is 1. The van der Waals surface area contributed by atoms with Crippen molar-refractivity contribution in [2.45, 2.75) is 19.0 Å². The van der Waals surface area contributed by atoms with Crippen LogP contribution in [-0.4, -0.2) is 50.6 Å². The molecule has 158 valence electrons. The van der Waals surface area contributed by atoms with Gasteiger partial charge in [-0.05, 0) is 36.2 Å². The van der Waals surface area contributed by atoms with E-state index >= 15 is 0 Å². The van der Waals surface area contributed by atoms with Crippen LogP contribution in [0.2, 0.25) is 0 Å². The van der Waals surface area contributed by atoms with Crippen LogP contribution >= 0.6 is 0 Å². The second-order valence-corrected chi connectivity index (χ2v) is 7.32. The molecule has 0 saturated carbocycles. The van der Waals surface area contributed by atoms with Gasteiger partial charge < -0.3 is 14.2 Å². The van der Waals surface area contributed by atoms with Crippen molar-refractivity contribution in [3.63, 3.8) is 0 Å². The number of methoxy groups -OCH3 is 1. The maximum Gasteiger partial charge on any atom is 0.291 e. The minimum Gasteiger partial charge on any atom is -0.497 e. The standard InChI is InChI=1S/C23H22N4O4/c1-31-18-5-2-4-17(14-18)21(28)19-20(16-6-8-24-9-7-16)27(23(30)22(19)29)12-3-11-26-13-10-25-15-26/h2,4-10,13-15,19-20H,3,11-12H2,1H3. The maximum absolute atomic E-state index is 13.4. The molecule has 0 radical (unpaired) electrons. The van der Waals surface area contributed by atoms with Gasteiger partial charge in [-0.3, -0.25) is 19.4 Å². The second kappa shape index (κ2) is 8.91. The van der Waals surface area contributed by atoms with E-state index in [4.69, 9.17) is 4.74 Å². The average Bonchev–Trinajstić information content (AvgIpc) is 3.41. The van der Waals surface area contributed by atoms with Gasteiger partial charge in [0.1, 0.15) is 11.7 Å². The lowest BCUT2D eigenvalue weighted by Crippen LogP contribution is -2.32. The number of carbonyl (C=O) groups excluding carboxylic acids is 3. The Labute approximate surface area is 179 Å². The summed E-state index contributed by atoms with van der Waals surface area (Å²) in [4.78, 5) is 48.8. The summed E-state index contributed by atoms with van der Waals surface area (Å²) < 4.78 is 7.11. The largest absolute Gasteiger partial charge is 0.497 e. The molecule has 0 spiro atoms. The third kappa shape index (κ3) is 4.09. The molecule has 31 heavy (non-hydrogen) atoms. The van der Waals surface area contributed by atoms with E-state index in [1.165, 1.54) is 12.0 Å². The Morgan fingerprint density at radius 1 is 1.06 bits per heavy atom. The van der Waals surface area contributed by atoms with Crippen molar-refractivity contribution < 1.29 is 19.1 Å². The molecule has 8 nitrogen and oxygen atoms in total. The molecule has 4 rings (SSSR count). The van der Waals surface area contributed by atoms with Crippen molar-refractivity contribution >= 4 is 17.5 Å². The predicted octanol–water partition coefficient (Wildman–Crippen LogP) is 2.33. The minimum atomic E-state index is -1.12. The van der Waals surface area contributed by atoms with Crippen molar-refractivity contribution in [2.75, 3.05) is 13.7 Å². The molecule has 0 N–H and O–H groups in total. The van der Waals surface area contributed by atoms with E-state index in [2.05, 4.69) is 9.97 Å². The number of rotatable bonds is 8. The first-order chi connectivity index (χ1) is 15.1. The fraction of sp³-hybridized carbons (Fsp3) is 0.261. The minimum absolute atomic E-state index is 0.338. The topological polar surface area (TPSA) is 94.4 Å². The third-order valence-electron chi connectivity index (χ3n) is 5.46. The molecule has 3 aromatic rings. The van der Waals surface area contributed by atoms with Crippen LogP contribution in [-0.2, 0) is 16.1 Å². The van der Waals surface area contributed by atoms with Crippen molar-refractivity contribution in [1.29, 1.82) is 0 Å². The van der Waals surface area contributed by atoms with Crippen LogP contribution in [0.5, 0.6) is 5.75 Å². The number of hydrogen-bond donors (Lipinski definition) is 0. The van der Waals surface area contributed by atoms with Gasteiger partial charge in [0.2, 0.25) is 5.78 Å². The zero-order chi connectivity index (χ0) is 21.8. The number of benzene rings is 1. The Morgan fingerprint density at radius 3 is 2.58 bits per heavy atom.